The van der Waals surface area contributed by atoms with E-state index >= 15 is 0 Å². The molecule has 5 atom stereocenters. The molecule has 0 bridgehead atoms. The summed E-state index contributed by atoms with van der Waals surface area (Å²) in [6, 6.07) is 7.56. The van der Waals surface area contributed by atoms with Crippen molar-refractivity contribution in [3.63, 3.8) is 0 Å². The van der Waals surface area contributed by atoms with Gasteiger partial charge in [0.2, 0.25) is 0 Å². The Bertz CT molecular complexity index is 541. The van der Waals surface area contributed by atoms with Crippen molar-refractivity contribution in [1.82, 2.24) is 0 Å². The monoisotopic (exact) mass is 419 g/mol. The first kappa shape index (κ1) is 29.9. The minimum Gasteiger partial charge on any atom is -0.398 e. The molecular weight excluding hydrogens is 374 g/mol. The van der Waals surface area contributed by atoms with Crippen LogP contribution in [0.15, 0.2) is 18.2 Å². The molecule has 1 nitrogen and oxygen atoms in total. The van der Waals surface area contributed by atoms with Crippen LogP contribution in [-0.2, 0) is 34.6 Å². The van der Waals surface area contributed by atoms with Crippen LogP contribution in [0.3, 0.4) is 0 Å². The Labute approximate surface area is 193 Å². The van der Waals surface area contributed by atoms with Crippen LogP contribution in [0.25, 0.3) is 0 Å². The van der Waals surface area contributed by atoms with Crippen molar-refractivity contribution in [2.45, 2.75) is 66.8 Å². The summed E-state index contributed by atoms with van der Waals surface area (Å²) in [5, 5.41) is 0. The molecule has 1 saturated carbocycles. The summed E-state index contributed by atoms with van der Waals surface area (Å²) in [5.74, 6) is 4.17. The molecule has 0 N–H and O–H groups in total. The Morgan fingerprint density at radius 1 is 0.929 bits per heavy atom. The number of benzene rings is 1. The van der Waals surface area contributed by atoms with Crippen molar-refractivity contribution in [2.75, 3.05) is 11.4 Å². The van der Waals surface area contributed by atoms with Crippen LogP contribution >= 0.6 is 0 Å². The maximum Gasteiger partial charge on any atom is 4.00 e. The van der Waals surface area contributed by atoms with E-state index < -0.39 is 0 Å². The van der Waals surface area contributed by atoms with Crippen LogP contribution < -0.4 is 4.90 Å². The van der Waals surface area contributed by atoms with Gasteiger partial charge in [-0.3, -0.25) is 0 Å². The molecule has 158 valence electrons. The number of para-hydroxylation sites is 1. The summed E-state index contributed by atoms with van der Waals surface area (Å²) in [4.78, 5) is 2.52. The molecule has 2 aliphatic rings. The predicted octanol–water partition coefficient (Wildman–Crippen LogP) is 7.12. The van der Waals surface area contributed by atoms with Gasteiger partial charge in [-0.25, -0.2) is 0 Å². The largest absolute Gasteiger partial charge is 4.00 e. The molecule has 0 aromatic heterocycles. The number of hydrogen-bond donors (Lipinski definition) is 0. The van der Waals surface area contributed by atoms with E-state index in [0.29, 0.717) is 6.04 Å². The minimum atomic E-state index is 0. The summed E-state index contributed by atoms with van der Waals surface area (Å²) in [7, 11) is 0. The second-order valence-corrected chi connectivity index (χ2v) is 8.48. The van der Waals surface area contributed by atoms with E-state index in [4.69, 9.17) is 0 Å². The topological polar surface area (TPSA) is 3.24 Å². The van der Waals surface area contributed by atoms with E-state index in [9.17, 15) is 0 Å². The second kappa shape index (κ2) is 13.1. The normalized spacial score (nSPS) is 30.2. The molecule has 1 fully saturated rings. The quantitative estimate of drug-likeness (QED) is 0.372. The zero-order valence-corrected chi connectivity index (χ0v) is 21.4. The molecule has 0 amide bonds. The number of rotatable bonds is 3. The molecule has 1 aliphatic carbocycles. The van der Waals surface area contributed by atoms with Crippen LogP contribution in [0.2, 0.25) is 0 Å². The van der Waals surface area contributed by atoms with Crippen LogP contribution in [0.4, 0.5) is 5.69 Å². The van der Waals surface area contributed by atoms with Crippen molar-refractivity contribution in [3.8, 4) is 0 Å². The molecule has 5 unspecified atom stereocenters. The van der Waals surface area contributed by atoms with Crippen molar-refractivity contribution in [2.24, 2.45) is 29.6 Å². The molecule has 3 rings (SSSR count). The summed E-state index contributed by atoms with van der Waals surface area (Å²) in [6.45, 7) is 22.7. The Morgan fingerprint density at radius 2 is 1.43 bits per heavy atom. The zero-order valence-electron chi connectivity index (χ0n) is 19.9. The van der Waals surface area contributed by atoms with E-state index in [2.05, 4.69) is 71.6 Å². The van der Waals surface area contributed by atoms with E-state index in [1.807, 2.05) is 6.92 Å². The van der Waals surface area contributed by atoms with E-state index in [1.165, 1.54) is 24.1 Å². The molecule has 1 aliphatic heterocycles. The van der Waals surface area contributed by atoms with E-state index in [-0.39, 0.29) is 36.6 Å². The maximum absolute atomic E-state index is 4.17. The first-order chi connectivity index (χ1) is 11.9. The van der Waals surface area contributed by atoms with Crippen molar-refractivity contribution in [1.29, 1.82) is 0 Å². The Kier molecular flexibility index (Phi) is 14.0. The summed E-state index contributed by atoms with van der Waals surface area (Å²) < 4.78 is 0. The third-order valence-corrected chi connectivity index (χ3v) is 7.07. The number of hydrogen-bond acceptors (Lipinski definition) is 1. The van der Waals surface area contributed by atoms with Crippen LogP contribution in [-0.4, -0.2) is 12.6 Å². The average molecular weight is 420 g/mol. The summed E-state index contributed by atoms with van der Waals surface area (Å²) >= 11 is 0. The molecule has 28 heavy (non-hydrogen) atoms. The summed E-state index contributed by atoms with van der Waals surface area (Å²) in [5.41, 5.74) is 4.61. The Morgan fingerprint density at radius 3 is 1.89 bits per heavy atom. The van der Waals surface area contributed by atoms with Gasteiger partial charge in [-0.2, -0.15) is 6.42 Å². The van der Waals surface area contributed by atoms with Crippen LogP contribution in [0, 0.1) is 58.3 Å². The Balaban J connectivity index is 0. The maximum atomic E-state index is 4.17. The van der Waals surface area contributed by atoms with Gasteiger partial charge in [0, 0.05) is 11.7 Å². The van der Waals surface area contributed by atoms with Gasteiger partial charge in [0.25, 0.3) is 0 Å². The Hall–Kier alpha value is -0.266. The van der Waals surface area contributed by atoms with E-state index in [1.54, 1.807) is 5.56 Å². The van der Waals surface area contributed by atoms with Crippen molar-refractivity contribution < 1.29 is 21.7 Å². The molecule has 1 aromatic carbocycles. The minimum absolute atomic E-state index is 0. The van der Waals surface area contributed by atoms with Gasteiger partial charge in [0.1, 0.15) is 0 Å². The zero-order chi connectivity index (χ0) is 18.7. The fraction of sp³-hybridized carbons (Fsp3) is 0.615. The van der Waals surface area contributed by atoms with Gasteiger partial charge < -0.3 is 33.6 Å². The second-order valence-electron chi connectivity index (χ2n) is 8.48. The standard InChI is InChI=1S/C21H32N.C3H7.2CH3.Ti/c1-7-22-13(2)11-18-9-8-10-19(21(18)22)12-20-16(5)14(3)15(4)17(20)6;1-3-2;;;/h8-10,13-17,20H,1,7,11-12H2,2-6H3;1,3H2,2H3;2*1H3;/q4*-1;+4. The summed E-state index contributed by atoms with van der Waals surface area (Å²) in [6.07, 6.45) is 3.42. The van der Waals surface area contributed by atoms with E-state index in [0.717, 1.165) is 42.6 Å². The smallest absolute Gasteiger partial charge is 0.398 e. The fourth-order valence-corrected chi connectivity index (χ4v) is 5.17. The van der Waals surface area contributed by atoms with Crippen LogP contribution in [0.5, 0.6) is 0 Å². The molecule has 1 aromatic rings. The first-order valence-electron chi connectivity index (χ1n) is 10.3. The average Bonchev–Trinajstić information content (AvgIpc) is 3.01. The predicted molar refractivity (Wildman–Crippen MR) is 125 cm³/mol. The van der Waals surface area contributed by atoms with Crippen molar-refractivity contribution >= 4 is 5.69 Å². The van der Waals surface area contributed by atoms with Gasteiger partial charge in [-0.15, -0.1) is 6.54 Å². The third kappa shape index (κ3) is 5.88. The molecular formula is C26H45NTi. The molecule has 1 heterocycles. The van der Waals surface area contributed by atoms with Gasteiger partial charge >= 0.3 is 21.7 Å². The van der Waals surface area contributed by atoms with Crippen LogP contribution in [0.1, 0.15) is 59.1 Å². The van der Waals surface area contributed by atoms with Gasteiger partial charge in [-0.05, 0) is 60.5 Å². The molecule has 0 spiro atoms. The molecule has 2 heteroatoms. The SMILES string of the molecule is [CH2-]CC.[CH2-]CN1c2c(CC3C(C)C(C)C(C)C3C)cccc2CC1C.[CH3-].[CH3-].[Ti+4]. The number of nitrogens with zero attached hydrogens (tertiary/aromatic N) is 1. The third-order valence-electron chi connectivity index (χ3n) is 7.07. The molecule has 0 radical (unpaired) electrons. The number of anilines is 1. The molecule has 0 saturated heterocycles. The number of fused-ring (bicyclic) bond motifs is 1. The van der Waals surface area contributed by atoms with Gasteiger partial charge in [-0.1, -0.05) is 52.8 Å². The van der Waals surface area contributed by atoms with Crippen molar-refractivity contribution in [3.05, 3.63) is 58.0 Å². The first-order valence-corrected chi connectivity index (χ1v) is 10.3. The van der Waals surface area contributed by atoms with Gasteiger partial charge in [0.05, 0.1) is 0 Å². The fourth-order valence-electron chi connectivity index (χ4n) is 5.17. The van der Waals surface area contributed by atoms with Gasteiger partial charge in [0.15, 0.2) is 0 Å².